The van der Waals surface area contributed by atoms with Crippen molar-refractivity contribution < 1.29 is 9.18 Å². The molecular weight excluding hydrogens is 215 g/mol. The summed E-state index contributed by atoms with van der Waals surface area (Å²) in [6, 6.07) is 1.41. The van der Waals surface area contributed by atoms with Gasteiger partial charge in [-0.2, -0.15) is 11.8 Å². The van der Waals surface area contributed by atoms with E-state index in [1.54, 1.807) is 0 Å². The van der Waals surface area contributed by atoms with Gasteiger partial charge >= 0.3 is 0 Å². The number of carbonyl (C=O) groups excluding carboxylic acids is 1. The highest BCUT2D eigenvalue weighted by atomic mass is 32.2. The van der Waals surface area contributed by atoms with Gasteiger partial charge in [-0.3, -0.25) is 9.78 Å². The number of pyridine rings is 1. The second kappa shape index (κ2) is 4.61. The molecule has 1 aliphatic heterocycles. The Balaban J connectivity index is 2.01. The molecule has 0 spiro atoms. The number of halogens is 1. The Kier molecular flexibility index (Phi) is 3.20. The fourth-order valence-corrected chi connectivity index (χ4v) is 2.61. The number of nitrogens with zero attached hydrogens (tertiary/aromatic N) is 1. The van der Waals surface area contributed by atoms with Gasteiger partial charge in [-0.05, 0) is 18.2 Å². The van der Waals surface area contributed by atoms with Crippen LogP contribution in [0.3, 0.4) is 0 Å². The summed E-state index contributed by atoms with van der Waals surface area (Å²) >= 11 is 1.82. The van der Waals surface area contributed by atoms with Crippen molar-refractivity contribution in [2.45, 2.75) is 12.5 Å². The first-order valence-corrected chi connectivity index (χ1v) is 5.90. The molecule has 1 fully saturated rings. The van der Waals surface area contributed by atoms with Crippen LogP contribution < -0.4 is 5.32 Å². The predicted molar refractivity (Wildman–Crippen MR) is 57.4 cm³/mol. The molecule has 5 heteroatoms. The molecule has 80 valence electrons. The smallest absolute Gasteiger partial charge is 0.253 e. The van der Waals surface area contributed by atoms with Gasteiger partial charge in [0.2, 0.25) is 0 Å². The fraction of sp³-hybridized carbons (Fsp3) is 0.400. The van der Waals surface area contributed by atoms with Gasteiger partial charge < -0.3 is 5.32 Å². The molecule has 0 saturated carbocycles. The maximum Gasteiger partial charge on any atom is 0.253 e. The van der Waals surface area contributed by atoms with Crippen LogP contribution in [0.5, 0.6) is 0 Å². The fourth-order valence-electron chi connectivity index (χ4n) is 1.45. The van der Waals surface area contributed by atoms with Gasteiger partial charge in [0, 0.05) is 18.0 Å². The average molecular weight is 226 g/mol. The van der Waals surface area contributed by atoms with Crippen molar-refractivity contribution in [3.05, 3.63) is 29.8 Å². The minimum atomic E-state index is -0.483. The molecular formula is C10H11FN2OS. The van der Waals surface area contributed by atoms with Crippen molar-refractivity contribution in [3.8, 4) is 0 Å². The zero-order valence-electron chi connectivity index (χ0n) is 8.07. The lowest BCUT2D eigenvalue weighted by molar-refractivity contribution is 0.0940. The highest BCUT2D eigenvalue weighted by molar-refractivity contribution is 7.99. The van der Waals surface area contributed by atoms with Crippen molar-refractivity contribution in [2.75, 3.05) is 11.5 Å². The summed E-state index contributed by atoms with van der Waals surface area (Å²) < 4.78 is 12.8. The van der Waals surface area contributed by atoms with E-state index in [9.17, 15) is 9.18 Å². The highest BCUT2D eigenvalue weighted by Crippen LogP contribution is 2.17. The molecule has 1 saturated heterocycles. The SMILES string of the molecule is O=C(N[C@@H]1CCSC1)c1cncc(F)c1. The zero-order chi connectivity index (χ0) is 10.7. The Hall–Kier alpha value is -1.10. The van der Waals surface area contributed by atoms with E-state index < -0.39 is 5.82 Å². The van der Waals surface area contributed by atoms with Crippen LogP contribution in [0.2, 0.25) is 0 Å². The summed E-state index contributed by atoms with van der Waals surface area (Å²) in [4.78, 5) is 15.3. The zero-order valence-corrected chi connectivity index (χ0v) is 8.89. The van der Waals surface area contributed by atoms with Gasteiger partial charge in [0.05, 0.1) is 11.8 Å². The number of carbonyl (C=O) groups is 1. The molecule has 1 amide bonds. The van der Waals surface area contributed by atoms with Crippen molar-refractivity contribution in [1.82, 2.24) is 10.3 Å². The molecule has 0 radical (unpaired) electrons. The normalized spacial score (nSPS) is 20.2. The lowest BCUT2D eigenvalue weighted by Crippen LogP contribution is -2.34. The van der Waals surface area contributed by atoms with E-state index in [-0.39, 0.29) is 17.5 Å². The van der Waals surface area contributed by atoms with Gasteiger partial charge in [-0.15, -0.1) is 0 Å². The lowest BCUT2D eigenvalue weighted by atomic mass is 10.2. The van der Waals surface area contributed by atoms with E-state index in [1.165, 1.54) is 12.3 Å². The molecule has 1 aromatic rings. The largest absolute Gasteiger partial charge is 0.348 e. The predicted octanol–water partition coefficient (Wildman–Crippen LogP) is 1.46. The Labute approximate surface area is 91.5 Å². The number of amides is 1. The molecule has 2 rings (SSSR count). The number of aromatic nitrogens is 1. The molecule has 0 aliphatic carbocycles. The third-order valence-corrected chi connectivity index (χ3v) is 3.39. The molecule has 15 heavy (non-hydrogen) atoms. The van der Waals surface area contributed by atoms with E-state index in [2.05, 4.69) is 10.3 Å². The number of hydrogen-bond donors (Lipinski definition) is 1. The first-order valence-electron chi connectivity index (χ1n) is 4.75. The average Bonchev–Trinajstić information content (AvgIpc) is 2.70. The van der Waals surface area contributed by atoms with Crippen LogP contribution in [0.15, 0.2) is 18.5 Å². The molecule has 2 heterocycles. The summed E-state index contributed by atoms with van der Waals surface area (Å²) in [6.07, 6.45) is 3.45. The summed E-state index contributed by atoms with van der Waals surface area (Å²) in [5.41, 5.74) is 0.284. The van der Waals surface area contributed by atoms with Crippen molar-refractivity contribution in [3.63, 3.8) is 0 Å². The number of thioether (sulfide) groups is 1. The minimum absolute atomic E-state index is 0.214. The van der Waals surface area contributed by atoms with Gasteiger partial charge in [0.1, 0.15) is 5.82 Å². The van der Waals surface area contributed by atoms with Crippen molar-refractivity contribution >= 4 is 17.7 Å². The van der Waals surface area contributed by atoms with Crippen LogP contribution >= 0.6 is 11.8 Å². The topological polar surface area (TPSA) is 42.0 Å². The maximum atomic E-state index is 12.8. The number of rotatable bonds is 2. The van der Waals surface area contributed by atoms with E-state index in [0.717, 1.165) is 24.1 Å². The van der Waals surface area contributed by atoms with Gasteiger partial charge in [-0.25, -0.2) is 4.39 Å². The summed E-state index contributed by atoms with van der Waals surface area (Å²) in [5, 5.41) is 2.86. The number of nitrogens with one attached hydrogen (secondary N) is 1. The second-order valence-corrected chi connectivity index (χ2v) is 4.58. The van der Waals surface area contributed by atoms with Gasteiger partial charge in [0.15, 0.2) is 0 Å². The quantitative estimate of drug-likeness (QED) is 0.830. The van der Waals surface area contributed by atoms with E-state index >= 15 is 0 Å². The molecule has 1 N–H and O–H groups in total. The lowest BCUT2D eigenvalue weighted by Gasteiger charge is -2.10. The number of hydrogen-bond acceptors (Lipinski definition) is 3. The molecule has 0 aromatic carbocycles. The molecule has 0 unspecified atom stereocenters. The molecule has 0 bridgehead atoms. The third kappa shape index (κ3) is 2.68. The van der Waals surface area contributed by atoms with Gasteiger partial charge in [-0.1, -0.05) is 0 Å². The van der Waals surface area contributed by atoms with E-state index in [0.29, 0.717) is 0 Å². The van der Waals surface area contributed by atoms with Crippen LogP contribution in [0, 0.1) is 5.82 Å². The molecule has 1 aromatic heterocycles. The first-order chi connectivity index (χ1) is 7.25. The second-order valence-electron chi connectivity index (χ2n) is 3.43. The highest BCUT2D eigenvalue weighted by Gasteiger charge is 2.18. The molecule has 3 nitrogen and oxygen atoms in total. The Bertz CT molecular complexity index is 366. The monoisotopic (exact) mass is 226 g/mol. The van der Waals surface area contributed by atoms with Crippen LogP contribution in [0.25, 0.3) is 0 Å². The van der Waals surface area contributed by atoms with Crippen LogP contribution in [-0.4, -0.2) is 28.4 Å². The third-order valence-electron chi connectivity index (χ3n) is 2.23. The summed E-state index contributed by atoms with van der Waals surface area (Å²) in [5.74, 6) is 1.29. The van der Waals surface area contributed by atoms with Crippen molar-refractivity contribution in [2.24, 2.45) is 0 Å². The van der Waals surface area contributed by atoms with Crippen LogP contribution in [0.1, 0.15) is 16.8 Å². The Morgan fingerprint density at radius 2 is 2.47 bits per heavy atom. The van der Waals surface area contributed by atoms with E-state index in [1.807, 2.05) is 11.8 Å². The Morgan fingerprint density at radius 3 is 3.13 bits per heavy atom. The standard InChI is InChI=1S/C10H11FN2OS/c11-8-3-7(4-12-5-8)10(14)13-9-1-2-15-6-9/h3-5,9H,1-2,6H2,(H,13,14)/t9-/m1/s1. The van der Waals surface area contributed by atoms with Crippen LogP contribution in [0.4, 0.5) is 4.39 Å². The van der Waals surface area contributed by atoms with E-state index in [4.69, 9.17) is 0 Å². The van der Waals surface area contributed by atoms with Gasteiger partial charge in [0.25, 0.3) is 5.91 Å². The summed E-state index contributed by atoms with van der Waals surface area (Å²) in [6.45, 7) is 0. The minimum Gasteiger partial charge on any atom is -0.348 e. The Morgan fingerprint density at radius 1 is 1.60 bits per heavy atom. The molecule has 1 atom stereocenters. The first kappa shape index (κ1) is 10.4. The maximum absolute atomic E-state index is 12.8. The van der Waals surface area contributed by atoms with Crippen LogP contribution in [-0.2, 0) is 0 Å². The summed E-state index contributed by atoms with van der Waals surface area (Å²) in [7, 11) is 0. The van der Waals surface area contributed by atoms with Crippen molar-refractivity contribution in [1.29, 1.82) is 0 Å². The molecule has 1 aliphatic rings.